The second-order valence-electron chi connectivity index (χ2n) is 10.3. The lowest BCUT2D eigenvalue weighted by atomic mass is 9.84. The van der Waals surface area contributed by atoms with Crippen molar-refractivity contribution in [3.63, 3.8) is 0 Å². The van der Waals surface area contributed by atoms with Crippen LogP contribution in [0.5, 0.6) is 0 Å². The average Bonchev–Trinajstić information content (AvgIpc) is 2.84. The Balaban J connectivity index is 2.01. The van der Waals surface area contributed by atoms with Crippen molar-refractivity contribution in [1.82, 2.24) is 20.6 Å². The van der Waals surface area contributed by atoms with Crippen molar-refractivity contribution in [2.45, 2.75) is 59.0 Å². The molecule has 35 heavy (non-hydrogen) atoms. The van der Waals surface area contributed by atoms with Crippen molar-refractivity contribution < 1.29 is 24.3 Å². The second kappa shape index (κ2) is 14.2. The summed E-state index contributed by atoms with van der Waals surface area (Å²) in [6, 6.07) is 8.46. The molecule has 1 saturated heterocycles. The number of morpholine rings is 1. The number of hydrogen-bond donors (Lipinski definition) is 3. The lowest BCUT2D eigenvalue weighted by Gasteiger charge is -2.34. The maximum atomic E-state index is 13.4. The molecule has 1 fully saturated rings. The van der Waals surface area contributed by atoms with E-state index in [0.29, 0.717) is 44.1 Å². The van der Waals surface area contributed by atoms with Crippen LogP contribution in [0.25, 0.3) is 0 Å². The molecule has 196 valence electrons. The first-order valence-corrected chi connectivity index (χ1v) is 12.5. The Morgan fingerprint density at radius 1 is 1.17 bits per heavy atom. The van der Waals surface area contributed by atoms with Crippen LogP contribution < -0.4 is 10.6 Å². The molecule has 9 heteroatoms. The van der Waals surface area contributed by atoms with Crippen molar-refractivity contribution in [1.29, 1.82) is 0 Å². The summed E-state index contributed by atoms with van der Waals surface area (Å²) in [4.78, 5) is 39.8. The first kappa shape index (κ1) is 28.7. The molecule has 1 aliphatic rings. The minimum Gasteiger partial charge on any atom is -0.379 e. The fourth-order valence-corrected chi connectivity index (χ4v) is 4.23. The molecular weight excluding hydrogens is 448 g/mol. The van der Waals surface area contributed by atoms with E-state index in [1.54, 1.807) is 6.92 Å². The van der Waals surface area contributed by atoms with Crippen LogP contribution >= 0.6 is 0 Å². The molecule has 0 bridgehead atoms. The van der Waals surface area contributed by atoms with Crippen LogP contribution in [0.4, 0.5) is 0 Å². The van der Waals surface area contributed by atoms with Crippen LogP contribution in [-0.2, 0) is 25.5 Å². The van der Waals surface area contributed by atoms with E-state index in [9.17, 15) is 19.6 Å². The van der Waals surface area contributed by atoms with Crippen molar-refractivity contribution in [3.05, 3.63) is 35.9 Å². The van der Waals surface area contributed by atoms with E-state index in [4.69, 9.17) is 4.74 Å². The highest BCUT2D eigenvalue weighted by Gasteiger charge is 2.36. The van der Waals surface area contributed by atoms with Crippen molar-refractivity contribution >= 4 is 18.2 Å². The Bertz CT molecular complexity index is 793. The van der Waals surface area contributed by atoms with Crippen LogP contribution in [0, 0.1) is 11.3 Å². The predicted molar refractivity (Wildman–Crippen MR) is 134 cm³/mol. The molecule has 1 aromatic rings. The summed E-state index contributed by atoms with van der Waals surface area (Å²) in [5.41, 5.74) is 0.628. The second-order valence-corrected chi connectivity index (χ2v) is 10.3. The van der Waals surface area contributed by atoms with Gasteiger partial charge in [0.1, 0.15) is 6.04 Å². The summed E-state index contributed by atoms with van der Waals surface area (Å²) in [5.74, 6) is -1.26. The van der Waals surface area contributed by atoms with Crippen molar-refractivity contribution in [3.8, 4) is 0 Å². The predicted octanol–water partition coefficient (Wildman–Crippen LogP) is 1.84. The SMILES string of the molecule is C[C@H](C(CCCc1ccccc1)C(=O)NC(C(=O)NCCN1CCOCC1)C(C)(C)C)N(O)C=O. The zero-order valence-corrected chi connectivity index (χ0v) is 21.5. The third-order valence-electron chi connectivity index (χ3n) is 6.51. The molecule has 0 radical (unpaired) electrons. The summed E-state index contributed by atoms with van der Waals surface area (Å²) in [6.07, 6.45) is 2.24. The smallest absolute Gasteiger partial charge is 0.243 e. The van der Waals surface area contributed by atoms with Crippen molar-refractivity contribution in [2.24, 2.45) is 11.3 Å². The van der Waals surface area contributed by atoms with Gasteiger partial charge >= 0.3 is 0 Å². The Labute approximate surface area is 209 Å². The number of aryl methyl sites for hydroxylation is 1. The topological polar surface area (TPSA) is 111 Å². The number of amides is 3. The Kier molecular flexibility index (Phi) is 11.6. The number of hydroxylamine groups is 2. The van der Waals surface area contributed by atoms with Gasteiger partial charge in [0.2, 0.25) is 18.2 Å². The van der Waals surface area contributed by atoms with Gasteiger partial charge in [0.05, 0.1) is 25.2 Å². The molecule has 2 rings (SSSR count). The third kappa shape index (κ3) is 9.58. The summed E-state index contributed by atoms with van der Waals surface area (Å²) in [5, 5.41) is 16.4. The zero-order valence-electron chi connectivity index (χ0n) is 21.5. The quantitative estimate of drug-likeness (QED) is 0.221. The van der Waals surface area contributed by atoms with Gasteiger partial charge in [-0.05, 0) is 37.2 Å². The van der Waals surface area contributed by atoms with Crippen LogP contribution in [0.2, 0.25) is 0 Å². The van der Waals surface area contributed by atoms with E-state index in [1.165, 1.54) is 0 Å². The van der Waals surface area contributed by atoms with E-state index >= 15 is 0 Å². The minimum absolute atomic E-state index is 0.244. The summed E-state index contributed by atoms with van der Waals surface area (Å²) in [7, 11) is 0. The molecule has 3 amide bonds. The molecule has 0 saturated carbocycles. The first-order chi connectivity index (χ1) is 16.6. The maximum Gasteiger partial charge on any atom is 0.243 e. The van der Waals surface area contributed by atoms with Crippen LogP contribution in [0.15, 0.2) is 30.3 Å². The molecule has 0 aromatic heterocycles. The first-order valence-electron chi connectivity index (χ1n) is 12.5. The Morgan fingerprint density at radius 3 is 2.43 bits per heavy atom. The van der Waals surface area contributed by atoms with Crippen LogP contribution in [0.3, 0.4) is 0 Å². The minimum atomic E-state index is -0.758. The number of nitrogens with zero attached hydrogens (tertiary/aromatic N) is 2. The number of carbonyl (C=O) groups is 3. The lowest BCUT2D eigenvalue weighted by Crippen LogP contribution is -2.57. The fraction of sp³-hybridized carbons (Fsp3) is 0.654. The third-order valence-corrected chi connectivity index (χ3v) is 6.51. The van der Waals surface area contributed by atoms with E-state index in [0.717, 1.165) is 31.6 Å². The lowest BCUT2D eigenvalue weighted by molar-refractivity contribution is -0.166. The van der Waals surface area contributed by atoms with Gasteiger partial charge in [-0.2, -0.15) is 0 Å². The normalized spacial score (nSPS) is 17.2. The number of benzene rings is 1. The molecule has 9 nitrogen and oxygen atoms in total. The van der Waals surface area contributed by atoms with Gasteiger partial charge in [-0.15, -0.1) is 0 Å². The van der Waals surface area contributed by atoms with Crippen molar-refractivity contribution in [2.75, 3.05) is 39.4 Å². The molecule has 0 aliphatic carbocycles. The van der Waals surface area contributed by atoms with Gasteiger partial charge < -0.3 is 15.4 Å². The number of ether oxygens (including phenoxy) is 1. The molecule has 2 unspecified atom stereocenters. The molecule has 3 N–H and O–H groups in total. The summed E-state index contributed by atoms with van der Waals surface area (Å²) < 4.78 is 5.35. The van der Waals surface area contributed by atoms with E-state index in [-0.39, 0.29) is 11.8 Å². The van der Waals surface area contributed by atoms with E-state index in [1.807, 2.05) is 51.1 Å². The van der Waals surface area contributed by atoms with E-state index < -0.39 is 23.4 Å². The van der Waals surface area contributed by atoms with Gasteiger partial charge in [-0.1, -0.05) is 51.1 Å². The number of hydrogen-bond acceptors (Lipinski definition) is 6. The van der Waals surface area contributed by atoms with Gasteiger partial charge in [-0.3, -0.25) is 24.5 Å². The summed E-state index contributed by atoms with van der Waals surface area (Å²) >= 11 is 0. The molecule has 1 aliphatic heterocycles. The van der Waals surface area contributed by atoms with Gasteiger partial charge in [0.15, 0.2) is 0 Å². The maximum absolute atomic E-state index is 13.4. The largest absolute Gasteiger partial charge is 0.379 e. The highest BCUT2D eigenvalue weighted by atomic mass is 16.5. The Morgan fingerprint density at radius 2 is 1.83 bits per heavy atom. The van der Waals surface area contributed by atoms with Crippen LogP contribution in [0.1, 0.15) is 46.1 Å². The number of nitrogens with one attached hydrogen (secondary N) is 2. The summed E-state index contributed by atoms with van der Waals surface area (Å²) in [6.45, 7) is 11.6. The molecule has 1 aromatic carbocycles. The Hall–Kier alpha value is -2.49. The molecule has 3 atom stereocenters. The van der Waals surface area contributed by atoms with Gasteiger partial charge in [0, 0.05) is 26.2 Å². The molecule has 1 heterocycles. The molecular formula is C26H42N4O5. The fourth-order valence-electron chi connectivity index (χ4n) is 4.23. The van der Waals surface area contributed by atoms with Crippen LogP contribution in [-0.4, -0.2) is 84.9 Å². The zero-order chi connectivity index (χ0) is 25.8. The number of rotatable bonds is 13. The number of carbonyl (C=O) groups excluding carboxylic acids is 3. The molecule has 0 spiro atoms. The van der Waals surface area contributed by atoms with Gasteiger partial charge in [-0.25, -0.2) is 5.06 Å². The standard InChI is InChI=1S/C26H42N4O5/c1-20(30(34)19-31)22(12-8-11-21-9-6-5-7-10-21)24(32)28-23(26(2,3)4)25(33)27-13-14-29-15-17-35-18-16-29/h5-7,9-10,19-20,22-23,34H,8,11-18H2,1-4H3,(H,27,33)(H,28,32)/t20-,22?,23?/m1/s1. The van der Waals surface area contributed by atoms with E-state index in [2.05, 4.69) is 15.5 Å². The average molecular weight is 491 g/mol. The highest BCUT2D eigenvalue weighted by molar-refractivity contribution is 5.89. The monoisotopic (exact) mass is 490 g/mol. The highest BCUT2D eigenvalue weighted by Crippen LogP contribution is 2.23. The van der Waals surface area contributed by atoms with Gasteiger partial charge in [0.25, 0.3) is 0 Å².